The van der Waals surface area contributed by atoms with Crippen LogP contribution in [0.5, 0.6) is 5.75 Å². The lowest BCUT2D eigenvalue weighted by molar-refractivity contribution is 0.375. The van der Waals surface area contributed by atoms with Crippen molar-refractivity contribution >= 4 is 27.2 Å². The van der Waals surface area contributed by atoms with Crippen molar-refractivity contribution < 1.29 is 30.8 Å². The summed E-state index contributed by atoms with van der Waals surface area (Å²) in [5.41, 5.74) is 2.34. The van der Waals surface area contributed by atoms with Crippen molar-refractivity contribution in [2.24, 2.45) is 0 Å². The van der Waals surface area contributed by atoms with Crippen LogP contribution in [-0.4, -0.2) is 16.4 Å². The lowest BCUT2D eigenvalue weighted by Crippen LogP contribution is -2.50. The fraction of sp³-hybridized carbons (Fsp3) is 0.722. The molecule has 1 aliphatic rings. The molecule has 1 atom stereocenters. The Morgan fingerprint density at radius 1 is 0.600 bits per heavy atom. The Morgan fingerprint density at radius 2 is 1.11 bits per heavy atom. The van der Waals surface area contributed by atoms with Gasteiger partial charge in [0.05, 0.1) is 13.5 Å². The summed E-state index contributed by atoms with van der Waals surface area (Å²) in [5.74, 6) is -11.2. The largest absolute Gasteiger partial charge is 0.539 e. The molecule has 0 radical (unpaired) electrons. The van der Waals surface area contributed by atoms with Gasteiger partial charge in [-0.15, -0.1) is 0 Å². The van der Waals surface area contributed by atoms with E-state index in [1.807, 2.05) is 13.8 Å². The van der Waals surface area contributed by atoms with Crippen molar-refractivity contribution in [3.8, 4) is 5.75 Å². The third kappa shape index (κ3) is 7.81. The molecule has 2 aromatic rings. The maximum atomic E-state index is 15.8. The molecule has 1 nitrogen and oxygen atoms in total. The van der Waals surface area contributed by atoms with Gasteiger partial charge >= 0.3 is 0 Å². The maximum absolute atomic E-state index is 15.8. The van der Waals surface area contributed by atoms with Crippen LogP contribution >= 0.6 is 0 Å². The minimum Gasteiger partial charge on any atom is -0.539 e. The van der Waals surface area contributed by atoms with E-state index in [1.165, 1.54) is 18.9 Å². The first-order chi connectivity index (χ1) is 21.1. The van der Waals surface area contributed by atoms with E-state index in [0.29, 0.717) is 12.1 Å². The van der Waals surface area contributed by atoms with E-state index in [0.717, 1.165) is 74.4 Å². The summed E-state index contributed by atoms with van der Waals surface area (Å²) >= 11 is 0. The van der Waals surface area contributed by atoms with Crippen molar-refractivity contribution in [1.29, 1.82) is 0 Å². The quantitative estimate of drug-likeness (QED) is 0.0566. The molecule has 1 unspecified atom stereocenters. The molecular weight excluding hydrogens is 619 g/mol. The summed E-state index contributed by atoms with van der Waals surface area (Å²) in [5, 5.41) is -2.09. The molecule has 0 aliphatic heterocycles. The first kappa shape index (κ1) is 38.0. The molecule has 2 aromatic carbocycles. The van der Waals surface area contributed by atoms with Crippen molar-refractivity contribution in [3.05, 3.63) is 41.0 Å². The minimum absolute atomic E-state index is 0.0471. The number of rotatable bonds is 16. The van der Waals surface area contributed by atoms with Crippen LogP contribution in [0.2, 0.25) is 39.8 Å². The van der Waals surface area contributed by atoms with E-state index >= 15 is 13.2 Å². The Labute approximate surface area is 270 Å². The zero-order valence-electron chi connectivity index (χ0n) is 28.8. The summed E-state index contributed by atoms with van der Waals surface area (Å²) in [4.78, 5) is 0. The Balaban J connectivity index is 1.78. The number of fused-ring (bicyclic) bond motifs is 1. The molecule has 256 valence electrons. The van der Waals surface area contributed by atoms with Gasteiger partial charge in [-0.25, -0.2) is 22.0 Å². The summed E-state index contributed by atoms with van der Waals surface area (Å²) in [6.07, 6.45) is 11.2. The Kier molecular flexibility index (Phi) is 13.6. The van der Waals surface area contributed by atoms with E-state index in [-0.39, 0.29) is 11.1 Å². The molecular formula is C36H56F6OSi2. The molecule has 0 spiro atoms. The van der Waals surface area contributed by atoms with Crippen molar-refractivity contribution in [3.63, 3.8) is 0 Å². The Hall–Kier alpha value is -1.49. The van der Waals surface area contributed by atoms with Gasteiger partial charge in [0.25, 0.3) is 8.32 Å². The first-order valence-electron chi connectivity index (χ1n) is 17.5. The van der Waals surface area contributed by atoms with E-state index in [1.54, 1.807) is 0 Å². The van der Waals surface area contributed by atoms with E-state index in [4.69, 9.17) is 4.43 Å². The highest BCUT2D eigenvalue weighted by Gasteiger charge is 2.49. The zero-order valence-corrected chi connectivity index (χ0v) is 30.8. The second kappa shape index (κ2) is 16.1. The van der Waals surface area contributed by atoms with Gasteiger partial charge in [-0.05, 0) is 36.0 Å². The highest BCUT2D eigenvalue weighted by molar-refractivity contribution is 6.83. The van der Waals surface area contributed by atoms with Gasteiger partial charge in [-0.1, -0.05) is 136 Å². The molecule has 0 aromatic heterocycles. The van der Waals surface area contributed by atoms with Crippen LogP contribution in [0.1, 0.15) is 126 Å². The molecule has 0 heterocycles. The van der Waals surface area contributed by atoms with Gasteiger partial charge in [0, 0.05) is 5.39 Å². The van der Waals surface area contributed by atoms with Crippen molar-refractivity contribution in [1.82, 2.24) is 0 Å². The van der Waals surface area contributed by atoms with Gasteiger partial charge in [0.1, 0.15) is 0 Å². The standard InChI is InChI=1S/C36H56F6OSi2/c1-23(2)44(24(3)4,25(5)6)20-16-11-9-10-12-17-21-45(26(7)8,27-18-14-13-15-19-27)43-36-34(41)30-28(31(38)35(36)42)22-29(37)32(39)33(30)40/h22-27H,9-21H2,1-8H3. The molecule has 9 heteroatoms. The Bertz CT molecular complexity index is 1250. The van der Waals surface area contributed by atoms with Crippen LogP contribution in [0, 0.1) is 34.9 Å². The van der Waals surface area contributed by atoms with E-state index in [9.17, 15) is 13.2 Å². The average molecular weight is 675 g/mol. The van der Waals surface area contributed by atoms with Crippen LogP contribution < -0.4 is 4.43 Å². The number of benzene rings is 2. The number of unbranched alkanes of at least 4 members (excludes halogenated alkanes) is 5. The van der Waals surface area contributed by atoms with E-state index in [2.05, 4.69) is 41.5 Å². The molecule has 1 fully saturated rings. The maximum Gasteiger partial charge on any atom is 0.257 e. The van der Waals surface area contributed by atoms with Crippen LogP contribution in [0.4, 0.5) is 26.3 Å². The number of hydrogen-bond donors (Lipinski definition) is 0. The summed E-state index contributed by atoms with van der Waals surface area (Å²) in [7, 11) is -4.40. The normalized spacial score (nSPS) is 16.5. The minimum atomic E-state index is -3.00. The monoisotopic (exact) mass is 674 g/mol. The predicted octanol–water partition coefficient (Wildman–Crippen LogP) is 13.8. The smallest absolute Gasteiger partial charge is 0.257 e. The highest BCUT2D eigenvalue weighted by atomic mass is 28.4. The molecule has 45 heavy (non-hydrogen) atoms. The SMILES string of the molecule is CC(C)[Si](CCCCCCCC[Si](C(C)C)(C(C)C)C(C)C)(Oc1c(F)c(F)c2cc(F)c(F)c(F)c2c1F)C1CCCCC1. The lowest BCUT2D eigenvalue weighted by atomic mass is 10.0. The molecule has 3 rings (SSSR count). The van der Waals surface area contributed by atoms with Gasteiger partial charge in [0.15, 0.2) is 34.8 Å². The molecule has 0 saturated heterocycles. The fourth-order valence-electron chi connectivity index (χ4n) is 8.90. The number of halogens is 6. The van der Waals surface area contributed by atoms with Gasteiger partial charge in [-0.3, -0.25) is 0 Å². The summed E-state index contributed by atoms with van der Waals surface area (Å²) in [6, 6.07) is 2.30. The van der Waals surface area contributed by atoms with Gasteiger partial charge < -0.3 is 4.43 Å². The topological polar surface area (TPSA) is 9.23 Å². The van der Waals surface area contributed by atoms with Crippen LogP contribution in [0.15, 0.2) is 6.07 Å². The van der Waals surface area contributed by atoms with Crippen molar-refractivity contribution in [2.45, 2.75) is 166 Å². The van der Waals surface area contributed by atoms with Gasteiger partial charge in [-0.2, -0.15) is 4.39 Å². The highest BCUT2D eigenvalue weighted by Crippen LogP contribution is 2.49. The van der Waals surface area contributed by atoms with Crippen molar-refractivity contribution in [2.75, 3.05) is 0 Å². The summed E-state index contributed by atoms with van der Waals surface area (Å²) in [6.45, 7) is 18.4. The van der Waals surface area contributed by atoms with Crippen LogP contribution in [0.3, 0.4) is 0 Å². The average Bonchev–Trinajstić information content (AvgIpc) is 2.98. The zero-order chi connectivity index (χ0) is 33.7. The second-order valence-corrected chi connectivity index (χ2v) is 25.7. The first-order valence-corrected chi connectivity index (χ1v) is 22.2. The van der Waals surface area contributed by atoms with Crippen LogP contribution in [0.25, 0.3) is 10.8 Å². The molecule has 0 amide bonds. The van der Waals surface area contributed by atoms with E-state index < -0.39 is 67.8 Å². The summed E-state index contributed by atoms with van der Waals surface area (Å²) < 4.78 is 95.5. The second-order valence-electron chi connectivity index (χ2n) is 14.9. The molecule has 0 N–H and O–H groups in total. The van der Waals surface area contributed by atoms with Crippen LogP contribution in [-0.2, 0) is 0 Å². The molecule has 1 saturated carbocycles. The molecule has 0 bridgehead atoms. The lowest BCUT2D eigenvalue weighted by Gasteiger charge is -2.44. The Morgan fingerprint density at radius 3 is 1.62 bits per heavy atom. The number of hydrogen-bond acceptors (Lipinski definition) is 1. The van der Waals surface area contributed by atoms with Gasteiger partial charge in [0.2, 0.25) is 5.82 Å². The third-order valence-corrected chi connectivity index (χ3v) is 24.7. The fourth-order valence-corrected chi connectivity index (χ4v) is 20.7. The molecule has 1 aliphatic carbocycles. The predicted molar refractivity (Wildman–Crippen MR) is 180 cm³/mol. The third-order valence-electron chi connectivity index (χ3n) is 11.4.